The van der Waals surface area contributed by atoms with Gasteiger partial charge in [0.2, 0.25) is 0 Å². The Morgan fingerprint density at radius 2 is 1.61 bits per heavy atom. The molecule has 0 spiro atoms. The molecule has 0 unspecified atom stereocenters. The van der Waals surface area contributed by atoms with Gasteiger partial charge in [-0.3, -0.25) is 0 Å². The van der Waals surface area contributed by atoms with Gasteiger partial charge in [0.25, 0.3) is 0 Å². The minimum absolute atomic E-state index is 0.980. The van der Waals surface area contributed by atoms with Gasteiger partial charge in [0.1, 0.15) is 0 Å². The minimum atomic E-state index is 0.980. The number of aromatic nitrogens is 1. The zero-order valence-corrected chi connectivity index (χ0v) is 19.9. The number of nitrogens with zero attached hydrogens (tertiary/aromatic N) is 1. The van der Waals surface area contributed by atoms with E-state index in [2.05, 4.69) is 96.9 Å². The molecule has 0 N–H and O–H groups in total. The first kappa shape index (κ1) is 19.2. The largest absolute Gasteiger partial charge is 0.306 e. The van der Waals surface area contributed by atoms with Crippen molar-refractivity contribution in [1.29, 1.82) is 0 Å². The van der Waals surface area contributed by atoms with E-state index in [9.17, 15) is 0 Å². The SMILES string of the molecule is C=C/C=C1\Cc2cccc(-n3c4c(C)cccc4c4ccc5c6ccccc6sc5c43)c2S1. The topological polar surface area (TPSA) is 4.93 Å². The van der Waals surface area contributed by atoms with Crippen molar-refractivity contribution in [2.45, 2.75) is 18.2 Å². The molecule has 1 aliphatic heterocycles. The van der Waals surface area contributed by atoms with Gasteiger partial charge in [-0.05, 0) is 35.1 Å². The van der Waals surface area contributed by atoms with Crippen LogP contribution in [0, 0.1) is 6.92 Å². The molecule has 4 aromatic carbocycles. The number of rotatable bonds is 2. The lowest BCUT2D eigenvalue weighted by Crippen LogP contribution is -1.98. The summed E-state index contributed by atoms with van der Waals surface area (Å²) in [5.74, 6) is 0. The van der Waals surface area contributed by atoms with E-state index in [1.165, 1.54) is 68.6 Å². The molecule has 0 fully saturated rings. The lowest BCUT2D eigenvalue weighted by molar-refractivity contribution is 1.09. The fraction of sp³-hybridized carbons (Fsp3) is 0.0667. The lowest BCUT2D eigenvalue weighted by Gasteiger charge is -2.14. The van der Waals surface area contributed by atoms with Crippen LogP contribution in [-0.4, -0.2) is 4.57 Å². The summed E-state index contributed by atoms with van der Waals surface area (Å²) in [5.41, 5.74) is 6.63. The molecule has 1 aliphatic rings. The molecule has 2 aromatic heterocycles. The van der Waals surface area contributed by atoms with E-state index in [1.54, 1.807) is 0 Å². The highest BCUT2D eigenvalue weighted by molar-refractivity contribution is 8.03. The number of hydrogen-bond donors (Lipinski definition) is 0. The third kappa shape index (κ3) is 2.67. The summed E-state index contributed by atoms with van der Waals surface area (Å²) in [4.78, 5) is 2.72. The number of aryl methyl sites for hydroxylation is 1. The van der Waals surface area contributed by atoms with Crippen LogP contribution in [0.4, 0.5) is 0 Å². The van der Waals surface area contributed by atoms with E-state index in [-0.39, 0.29) is 0 Å². The number of benzene rings is 4. The molecule has 1 nitrogen and oxygen atoms in total. The standard InChI is InChI=1S/C30H21NS2/c1-3-8-20-17-19-10-7-13-25(29(19)32-20)31-27-18(2)9-6-12-22(27)23-15-16-24-21-11-4-5-14-26(21)33-30(24)28(23)31/h3-16H,1,17H2,2H3/b20-8+. The molecule has 158 valence electrons. The van der Waals surface area contributed by atoms with Crippen LogP contribution in [0.25, 0.3) is 47.7 Å². The van der Waals surface area contributed by atoms with Crippen molar-refractivity contribution in [3.63, 3.8) is 0 Å². The van der Waals surface area contributed by atoms with Crippen molar-refractivity contribution in [3.05, 3.63) is 108 Å². The number of fused-ring (bicyclic) bond motifs is 8. The molecule has 33 heavy (non-hydrogen) atoms. The Hall–Kier alpha value is -3.27. The first-order valence-corrected chi connectivity index (χ1v) is 12.8. The van der Waals surface area contributed by atoms with Gasteiger partial charge in [-0.15, -0.1) is 11.3 Å². The predicted octanol–water partition coefficient (Wildman–Crippen LogP) is 9.18. The molecule has 0 saturated carbocycles. The van der Waals surface area contributed by atoms with Crippen molar-refractivity contribution in [1.82, 2.24) is 4.57 Å². The highest BCUT2D eigenvalue weighted by atomic mass is 32.2. The molecular formula is C30H21NS2. The second kappa shape index (κ2) is 7.11. The Morgan fingerprint density at radius 3 is 2.52 bits per heavy atom. The lowest BCUT2D eigenvalue weighted by atomic mass is 10.1. The third-order valence-electron chi connectivity index (χ3n) is 6.71. The summed E-state index contributed by atoms with van der Waals surface area (Å²) in [6.45, 7) is 6.15. The summed E-state index contributed by atoms with van der Waals surface area (Å²) in [6.07, 6.45) is 5.03. The van der Waals surface area contributed by atoms with Gasteiger partial charge >= 0.3 is 0 Å². The number of thioether (sulfide) groups is 1. The molecule has 0 radical (unpaired) electrons. The highest BCUT2D eigenvalue weighted by Crippen LogP contribution is 2.48. The molecule has 3 heteroatoms. The fourth-order valence-electron chi connectivity index (χ4n) is 5.32. The van der Waals surface area contributed by atoms with Crippen LogP contribution in [0.5, 0.6) is 0 Å². The van der Waals surface area contributed by atoms with E-state index in [1.807, 2.05) is 29.2 Å². The fourth-order valence-corrected chi connectivity index (χ4v) is 7.75. The van der Waals surface area contributed by atoms with Gasteiger partial charge in [0.05, 0.1) is 21.4 Å². The van der Waals surface area contributed by atoms with Crippen molar-refractivity contribution in [2.75, 3.05) is 0 Å². The zero-order valence-electron chi connectivity index (χ0n) is 18.3. The molecule has 6 aromatic rings. The van der Waals surface area contributed by atoms with Gasteiger partial charge in [-0.25, -0.2) is 0 Å². The van der Waals surface area contributed by atoms with Crippen LogP contribution >= 0.6 is 23.1 Å². The Morgan fingerprint density at radius 1 is 0.818 bits per heavy atom. The molecule has 0 bridgehead atoms. The van der Waals surface area contributed by atoms with Gasteiger partial charge in [-0.2, -0.15) is 0 Å². The van der Waals surface area contributed by atoms with Crippen molar-refractivity contribution in [3.8, 4) is 5.69 Å². The highest BCUT2D eigenvalue weighted by Gasteiger charge is 2.24. The maximum Gasteiger partial charge on any atom is 0.0720 e. The second-order valence-corrected chi connectivity index (χ2v) is 10.8. The summed E-state index contributed by atoms with van der Waals surface area (Å²) < 4.78 is 5.25. The molecule has 0 aliphatic carbocycles. The maximum atomic E-state index is 3.91. The summed E-state index contributed by atoms with van der Waals surface area (Å²) in [7, 11) is 0. The third-order valence-corrected chi connectivity index (χ3v) is 9.13. The maximum absolute atomic E-state index is 3.91. The second-order valence-electron chi connectivity index (χ2n) is 8.66. The van der Waals surface area contributed by atoms with Crippen LogP contribution in [0.15, 0.2) is 101 Å². The smallest absolute Gasteiger partial charge is 0.0720 e. The van der Waals surface area contributed by atoms with Crippen LogP contribution in [0.3, 0.4) is 0 Å². The van der Waals surface area contributed by atoms with Gasteiger partial charge in [-0.1, -0.05) is 91.2 Å². The van der Waals surface area contributed by atoms with Crippen LogP contribution in [0.1, 0.15) is 11.1 Å². The Balaban J connectivity index is 1.68. The minimum Gasteiger partial charge on any atom is -0.306 e. The number of allylic oxidation sites excluding steroid dienone is 3. The molecule has 3 heterocycles. The zero-order chi connectivity index (χ0) is 22.1. The number of para-hydroxylation sites is 1. The molecule has 0 saturated heterocycles. The Kier molecular flexibility index (Phi) is 4.14. The van der Waals surface area contributed by atoms with Crippen LogP contribution < -0.4 is 0 Å². The van der Waals surface area contributed by atoms with Gasteiger partial charge in [0, 0.05) is 37.6 Å². The van der Waals surface area contributed by atoms with Crippen LogP contribution in [-0.2, 0) is 6.42 Å². The van der Waals surface area contributed by atoms with Crippen molar-refractivity contribution in [2.24, 2.45) is 0 Å². The Labute approximate surface area is 200 Å². The molecule has 7 rings (SSSR count). The summed E-state index contributed by atoms with van der Waals surface area (Å²) in [5, 5.41) is 5.34. The molecule has 0 amide bonds. The average Bonchev–Trinajstić information content (AvgIpc) is 3.50. The van der Waals surface area contributed by atoms with E-state index in [0.29, 0.717) is 0 Å². The van der Waals surface area contributed by atoms with Crippen molar-refractivity contribution < 1.29 is 0 Å². The van der Waals surface area contributed by atoms with Crippen LogP contribution in [0.2, 0.25) is 0 Å². The van der Waals surface area contributed by atoms with E-state index >= 15 is 0 Å². The van der Waals surface area contributed by atoms with E-state index < -0.39 is 0 Å². The summed E-state index contributed by atoms with van der Waals surface area (Å²) >= 11 is 3.80. The van der Waals surface area contributed by atoms with E-state index in [0.717, 1.165) is 6.42 Å². The molecular weight excluding hydrogens is 438 g/mol. The van der Waals surface area contributed by atoms with E-state index in [4.69, 9.17) is 0 Å². The van der Waals surface area contributed by atoms with Crippen molar-refractivity contribution >= 4 is 65.1 Å². The number of hydrogen-bond acceptors (Lipinski definition) is 2. The normalized spacial score (nSPS) is 14.8. The van der Waals surface area contributed by atoms with Gasteiger partial charge < -0.3 is 4.57 Å². The quantitative estimate of drug-likeness (QED) is 0.250. The predicted molar refractivity (Wildman–Crippen MR) is 146 cm³/mol. The summed E-state index contributed by atoms with van der Waals surface area (Å²) in [6, 6.07) is 26.9. The monoisotopic (exact) mass is 459 g/mol. The van der Waals surface area contributed by atoms with Gasteiger partial charge in [0.15, 0.2) is 0 Å². The number of thiophene rings is 1. The first-order valence-electron chi connectivity index (χ1n) is 11.2. The Bertz CT molecular complexity index is 1800. The molecule has 0 atom stereocenters. The first-order chi connectivity index (χ1) is 16.2. The average molecular weight is 460 g/mol.